The molecule has 1 atom stereocenters. The third-order valence-corrected chi connectivity index (χ3v) is 2.59. The Balaban J connectivity index is 3.24. The molecule has 1 nitrogen and oxygen atoms in total. The van der Waals surface area contributed by atoms with Gasteiger partial charge in [-0.3, -0.25) is 0 Å². The van der Waals surface area contributed by atoms with Crippen molar-refractivity contribution in [3.63, 3.8) is 0 Å². The predicted molar refractivity (Wildman–Crippen MR) is 62.2 cm³/mol. The summed E-state index contributed by atoms with van der Waals surface area (Å²) >= 11 is 0. The molecule has 1 N–H and O–H groups in total. The van der Waals surface area contributed by atoms with E-state index in [1.807, 2.05) is 6.08 Å². The Morgan fingerprint density at radius 2 is 1.50 bits per heavy atom. The van der Waals surface area contributed by atoms with Gasteiger partial charge >= 0.3 is 6.98 Å². The number of hydrogen-bond donors (Lipinski definition) is 1. The maximum absolute atomic E-state index is 12.0. The summed E-state index contributed by atoms with van der Waals surface area (Å²) in [5.74, 6) is 0. The minimum absolute atomic E-state index is 0.143. The number of halogens is 3. The van der Waals surface area contributed by atoms with Gasteiger partial charge in [0.1, 0.15) is 0 Å². The van der Waals surface area contributed by atoms with E-state index in [2.05, 4.69) is 6.58 Å². The van der Waals surface area contributed by atoms with E-state index in [0.717, 1.165) is 38.5 Å². The predicted octanol–water partition coefficient (Wildman–Crippen LogP) is 4.04. The lowest BCUT2D eigenvalue weighted by Crippen LogP contribution is -2.34. The Hall–Kier alpha value is -0.445. The number of hydrogen-bond acceptors (Lipinski definition) is 1. The summed E-state index contributed by atoms with van der Waals surface area (Å²) < 4.78 is 35.9. The van der Waals surface area contributed by atoms with Crippen LogP contribution in [-0.4, -0.2) is 18.1 Å². The molecule has 0 radical (unpaired) electrons. The Kier molecular flexibility index (Phi) is 8.44. The van der Waals surface area contributed by atoms with Crippen molar-refractivity contribution >= 4 is 6.98 Å². The Morgan fingerprint density at radius 3 is 2.00 bits per heavy atom. The van der Waals surface area contributed by atoms with Crippen LogP contribution >= 0.6 is 0 Å². The van der Waals surface area contributed by atoms with Crippen LogP contribution in [0.4, 0.5) is 12.9 Å². The normalized spacial score (nSPS) is 13.8. The fourth-order valence-electron chi connectivity index (χ4n) is 1.54. The van der Waals surface area contributed by atoms with Crippen molar-refractivity contribution in [2.45, 2.75) is 57.4 Å². The van der Waals surface area contributed by atoms with E-state index >= 15 is 0 Å². The van der Waals surface area contributed by atoms with Crippen LogP contribution in [0.3, 0.4) is 0 Å². The molecule has 0 saturated heterocycles. The van der Waals surface area contributed by atoms with E-state index < -0.39 is 13.0 Å². The second-order valence-corrected chi connectivity index (χ2v) is 4.18. The third-order valence-electron chi connectivity index (χ3n) is 2.59. The highest BCUT2D eigenvalue weighted by molar-refractivity contribution is 6.59. The van der Waals surface area contributed by atoms with E-state index in [1.54, 1.807) is 0 Å². The van der Waals surface area contributed by atoms with Gasteiger partial charge in [0.25, 0.3) is 0 Å². The first kappa shape index (κ1) is 15.6. The first-order valence-electron chi connectivity index (χ1n) is 5.97. The van der Waals surface area contributed by atoms with Gasteiger partial charge in [0, 0.05) is 6.00 Å². The van der Waals surface area contributed by atoms with Crippen molar-refractivity contribution in [2.75, 3.05) is 0 Å². The van der Waals surface area contributed by atoms with Gasteiger partial charge in [-0.15, -0.1) is 6.58 Å². The van der Waals surface area contributed by atoms with Crippen molar-refractivity contribution in [1.29, 1.82) is 0 Å². The van der Waals surface area contributed by atoms with Gasteiger partial charge in [-0.25, -0.2) is 0 Å². The maximum Gasteiger partial charge on any atom is 0.506 e. The molecule has 0 aliphatic heterocycles. The molecule has 16 heavy (non-hydrogen) atoms. The van der Waals surface area contributed by atoms with Gasteiger partial charge in [-0.2, -0.15) is 0 Å². The fraction of sp³-hybridized carbons (Fsp3) is 0.818. The zero-order valence-electron chi connectivity index (χ0n) is 9.68. The number of allylic oxidation sites excluding steroid dienone is 1. The van der Waals surface area contributed by atoms with Crippen molar-refractivity contribution < 1.29 is 18.1 Å². The van der Waals surface area contributed by atoms with Crippen molar-refractivity contribution in [3.05, 3.63) is 12.7 Å². The highest BCUT2D eigenvalue weighted by atomic mass is 19.4. The molecule has 0 spiro atoms. The average Bonchev–Trinajstić information content (AvgIpc) is 2.20. The Morgan fingerprint density at radius 1 is 1.00 bits per heavy atom. The van der Waals surface area contributed by atoms with Crippen molar-refractivity contribution in [1.82, 2.24) is 0 Å². The minimum Gasteiger partial charge on any atom is -0.447 e. The Labute approximate surface area is 95.8 Å². The van der Waals surface area contributed by atoms with E-state index in [-0.39, 0.29) is 6.42 Å². The largest absolute Gasteiger partial charge is 0.506 e. The second kappa shape index (κ2) is 8.68. The van der Waals surface area contributed by atoms with E-state index in [0.29, 0.717) is 6.42 Å². The maximum atomic E-state index is 12.0. The van der Waals surface area contributed by atoms with E-state index in [4.69, 9.17) is 5.11 Å². The molecule has 0 aliphatic carbocycles. The molecule has 0 rings (SSSR count). The lowest BCUT2D eigenvalue weighted by Gasteiger charge is -2.20. The molecule has 0 bridgehead atoms. The first-order valence-corrected chi connectivity index (χ1v) is 5.97. The van der Waals surface area contributed by atoms with Crippen molar-refractivity contribution in [3.8, 4) is 0 Å². The standard InChI is InChI=1S/C11H21BF3O/c1-2-3-4-5-6-7-8-9-10-11(16)12(13,14)15/h2,11,16H,1,3-10H2/q-1. The van der Waals surface area contributed by atoms with Gasteiger partial charge < -0.3 is 18.1 Å². The van der Waals surface area contributed by atoms with Crippen LogP contribution < -0.4 is 0 Å². The summed E-state index contributed by atoms with van der Waals surface area (Å²) in [6, 6.07) is -2.08. The molecule has 0 aromatic heterocycles. The zero-order chi connectivity index (χ0) is 12.4. The van der Waals surface area contributed by atoms with Crippen LogP contribution in [0, 0.1) is 0 Å². The lowest BCUT2D eigenvalue weighted by atomic mass is 9.79. The monoisotopic (exact) mass is 237 g/mol. The highest BCUT2D eigenvalue weighted by Gasteiger charge is 2.32. The topological polar surface area (TPSA) is 20.2 Å². The number of aliphatic hydroxyl groups is 1. The van der Waals surface area contributed by atoms with Crippen LogP contribution in [-0.2, 0) is 0 Å². The fourth-order valence-corrected chi connectivity index (χ4v) is 1.54. The molecule has 1 unspecified atom stereocenters. The van der Waals surface area contributed by atoms with Gasteiger partial charge in [0.15, 0.2) is 0 Å². The van der Waals surface area contributed by atoms with Crippen LogP contribution in [0.5, 0.6) is 0 Å². The van der Waals surface area contributed by atoms with E-state index in [9.17, 15) is 12.9 Å². The van der Waals surface area contributed by atoms with Gasteiger partial charge in [-0.1, -0.05) is 44.6 Å². The molecular formula is C11H21BF3O-. The smallest absolute Gasteiger partial charge is 0.447 e. The molecule has 96 valence electrons. The molecule has 0 heterocycles. The lowest BCUT2D eigenvalue weighted by molar-refractivity contribution is 0.180. The summed E-state index contributed by atoms with van der Waals surface area (Å²) in [4.78, 5) is 0. The van der Waals surface area contributed by atoms with Crippen LogP contribution in [0.2, 0.25) is 0 Å². The molecule has 0 aromatic carbocycles. The zero-order valence-corrected chi connectivity index (χ0v) is 9.68. The van der Waals surface area contributed by atoms with Gasteiger partial charge in [0.05, 0.1) is 0 Å². The molecule has 5 heteroatoms. The molecule has 0 aromatic rings. The molecule has 0 aliphatic rings. The van der Waals surface area contributed by atoms with Crippen LogP contribution in [0.15, 0.2) is 12.7 Å². The quantitative estimate of drug-likeness (QED) is 0.345. The second-order valence-electron chi connectivity index (χ2n) is 4.18. The summed E-state index contributed by atoms with van der Waals surface area (Å²) in [5.41, 5.74) is 0. The van der Waals surface area contributed by atoms with Crippen molar-refractivity contribution in [2.24, 2.45) is 0 Å². The van der Waals surface area contributed by atoms with E-state index in [1.165, 1.54) is 0 Å². The first-order chi connectivity index (χ1) is 7.48. The Bertz CT molecular complexity index is 183. The molecule has 0 fully saturated rings. The molecule has 0 saturated carbocycles. The minimum atomic E-state index is -5.06. The molecular weight excluding hydrogens is 216 g/mol. The summed E-state index contributed by atoms with van der Waals surface area (Å²) in [6.07, 6.45) is 8.21. The van der Waals surface area contributed by atoms with Crippen LogP contribution in [0.1, 0.15) is 51.4 Å². The van der Waals surface area contributed by atoms with Gasteiger partial charge in [-0.05, 0) is 12.8 Å². The summed E-state index contributed by atoms with van der Waals surface area (Å²) in [6.45, 7) is -1.44. The molecule has 0 amide bonds. The highest BCUT2D eigenvalue weighted by Crippen LogP contribution is 2.19. The number of rotatable bonds is 10. The third kappa shape index (κ3) is 8.83. The van der Waals surface area contributed by atoms with Gasteiger partial charge in [0.2, 0.25) is 0 Å². The average molecular weight is 237 g/mol. The van der Waals surface area contributed by atoms with Crippen LogP contribution in [0.25, 0.3) is 0 Å². The summed E-state index contributed by atoms with van der Waals surface area (Å²) in [7, 11) is 0. The number of unbranched alkanes of at least 4 members (excludes halogenated alkanes) is 6. The number of aliphatic hydroxyl groups excluding tert-OH is 1. The summed E-state index contributed by atoms with van der Waals surface area (Å²) in [5, 5.41) is 8.75. The SMILES string of the molecule is C=CCCCCCCCCC(O)[B-](F)(F)F.